The Bertz CT molecular complexity index is 515. The molecular weight excluding hydrogens is 232 g/mol. The molecule has 5 nitrogen and oxygen atoms in total. The van der Waals surface area contributed by atoms with Crippen molar-refractivity contribution in [2.75, 3.05) is 13.1 Å². The van der Waals surface area contributed by atoms with E-state index >= 15 is 0 Å². The van der Waals surface area contributed by atoms with Crippen molar-refractivity contribution in [3.8, 4) is 5.75 Å². The zero-order chi connectivity index (χ0) is 13.3. The third-order valence-electron chi connectivity index (χ3n) is 3.28. The summed E-state index contributed by atoms with van der Waals surface area (Å²) >= 11 is 0. The zero-order valence-electron chi connectivity index (χ0n) is 11.0. The van der Waals surface area contributed by atoms with Crippen LogP contribution in [0.4, 0.5) is 0 Å². The summed E-state index contributed by atoms with van der Waals surface area (Å²) in [4.78, 5) is 24.7. The first-order valence-corrected chi connectivity index (χ1v) is 6.13. The molecule has 18 heavy (non-hydrogen) atoms. The van der Waals surface area contributed by atoms with E-state index in [9.17, 15) is 9.59 Å². The normalized spacial score (nSPS) is 15.4. The summed E-state index contributed by atoms with van der Waals surface area (Å²) in [5, 5.41) is 0. The lowest BCUT2D eigenvalue weighted by Crippen LogP contribution is -2.56. The smallest absolute Gasteiger partial charge is 0.254 e. The summed E-state index contributed by atoms with van der Waals surface area (Å²) in [5.74, 6) is 0.735. The topological polar surface area (TPSA) is 51.5 Å². The van der Waals surface area contributed by atoms with Crippen molar-refractivity contribution in [2.24, 2.45) is 7.05 Å². The number of hydrogen-bond acceptors (Lipinski definition) is 3. The number of amides is 1. The lowest BCUT2D eigenvalue weighted by molar-refractivity contribution is -0.139. The van der Waals surface area contributed by atoms with Gasteiger partial charge in [-0.25, -0.2) is 0 Å². The van der Waals surface area contributed by atoms with Crippen LogP contribution < -0.4 is 10.3 Å². The van der Waals surface area contributed by atoms with Crippen LogP contribution in [0.5, 0.6) is 5.75 Å². The molecular formula is C13H18N2O3. The van der Waals surface area contributed by atoms with Crippen LogP contribution in [0.1, 0.15) is 19.0 Å². The van der Waals surface area contributed by atoms with Crippen molar-refractivity contribution in [2.45, 2.75) is 26.4 Å². The molecule has 1 aromatic rings. The third kappa shape index (κ3) is 2.39. The van der Waals surface area contributed by atoms with Gasteiger partial charge in [-0.3, -0.25) is 9.59 Å². The molecule has 0 spiro atoms. The minimum Gasteiger partial charge on any atom is -0.486 e. The van der Waals surface area contributed by atoms with Gasteiger partial charge in [0.15, 0.2) is 0 Å². The lowest BCUT2D eigenvalue weighted by atomic mass is 10.1. The maximum atomic E-state index is 11.6. The maximum absolute atomic E-state index is 11.6. The average molecular weight is 250 g/mol. The van der Waals surface area contributed by atoms with E-state index in [1.807, 2.05) is 19.9 Å². The Labute approximate surface area is 106 Å². The van der Waals surface area contributed by atoms with Gasteiger partial charge in [0, 0.05) is 25.2 Å². The molecule has 0 saturated carbocycles. The van der Waals surface area contributed by atoms with Crippen LogP contribution in [0.3, 0.4) is 0 Å². The number of aryl methyl sites for hydroxylation is 1. The molecule has 1 saturated heterocycles. The van der Waals surface area contributed by atoms with Gasteiger partial charge in [-0.1, -0.05) is 6.92 Å². The SMILES string of the molecule is CCC(=O)N1CC(Oc2cc(C)n(C)c(=O)c2)C1. The Kier molecular flexibility index (Phi) is 3.41. The molecule has 2 rings (SSSR count). The standard InChI is InChI=1S/C13H18N2O3/c1-4-12(16)15-7-11(8-15)18-10-5-9(2)14(3)13(17)6-10/h5-6,11H,4,7-8H2,1-3H3. The molecule has 1 aliphatic rings. The third-order valence-corrected chi connectivity index (χ3v) is 3.28. The van der Waals surface area contributed by atoms with E-state index in [2.05, 4.69) is 0 Å². The van der Waals surface area contributed by atoms with Crippen molar-refractivity contribution in [3.05, 3.63) is 28.2 Å². The number of rotatable bonds is 3. The number of likely N-dealkylation sites (tertiary alicyclic amines) is 1. The second-order valence-corrected chi connectivity index (χ2v) is 4.62. The quantitative estimate of drug-likeness (QED) is 0.793. The number of carbonyl (C=O) groups excluding carboxylic acids is 1. The lowest BCUT2D eigenvalue weighted by Gasteiger charge is -2.38. The van der Waals surface area contributed by atoms with Crippen LogP contribution >= 0.6 is 0 Å². The Morgan fingerprint density at radius 2 is 2.11 bits per heavy atom. The minimum absolute atomic E-state index is 0.00649. The fourth-order valence-corrected chi connectivity index (χ4v) is 1.94. The van der Waals surface area contributed by atoms with Crippen molar-refractivity contribution in [1.82, 2.24) is 9.47 Å². The molecule has 0 N–H and O–H groups in total. The molecule has 0 radical (unpaired) electrons. The summed E-state index contributed by atoms with van der Waals surface area (Å²) in [7, 11) is 1.73. The summed E-state index contributed by atoms with van der Waals surface area (Å²) in [6.45, 7) is 4.94. The van der Waals surface area contributed by atoms with Crippen molar-refractivity contribution in [1.29, 1.82) is 0 Å². The largest absolute Gasteiger partial charge is 0.486 e. The van der Waals surface area contributed by atoms with Crippen molar-refractivity contribution >= 4 is 5.91 Å². The zero-order valence-corrected chi connectivity index (χ0v) is 11.0. The first-order valence-electron chi connectivity index (χ1n) is 6.13. The van der Waals surface area contributed by atoms with Gasteiger partial charge in [0.05, 0.1) is 13.1 Å². The van der Waals surface area contributed by atoms with E-state index in [1.54, 1.807) is 16.5 Å². The maximum Gasteiger partial charge on any atom is 0.254 e. The number of carbonyl (C=O) groups is 1. The molecule has 2 heterocycles. The highest BCUT2D eigenvalue weighted by atomic mass is 16.5. The molecule has 1 aromatic heterocycles. The van der Waals surface area contributed by atoms with E-state index in [-0.39, 0.29) is 17.6 Å². The second-order valence-electron chi connectivity index (χ2n) is 4.62. The molecule has 1 aliphatic heterocycles. The van der Waals surface area contributed by atoms with E-state index in [4.69, 9.17) is 4.74 Å². The van der Waals surface area contributed by atoms with Crippen molar-refractivity contribution in [3.63, 3.8) is 0 Å². The van der Waals surface area contributed by atoms with E-state index < -0.39 is 0 Å². The second kappa shape index (κ2) is 4.84. The van der Waals surface area contributed by atoms with E-state index in [0.717, 1.165) is 5.69 Å². The van der Waals surface area contributed by atoms with Gasteiger partial charge >= 0.3 is 0 Å². The first kappa shape index (κ1) is 12.7. The molecule has 5 heteroatoms. The van der Waals surface area contributed by atoms with Crippen LogP contribution in [0.25, 0.3) is 0 Å². The number of nitrogens with zero attached hydrogens (tertiary/aromatic N) is 2. The van der Waals surface area contributed by atoms with Gasteiger partial charge in [-0.05, 0) is 13.0 Å². The van der Waals surface area contributed by atoms with E-state index in [1.165, 1.54) is 6.07 Å². The molecule has 0 aliphatic carbocycles. The minimum atomic E-state index is -0.0779. The highest BCUT2D eigenvalue weighted by Gasteiger charge is 2.31. The van der Waals surface area contributed by atoms with E-state index in [0.29, 0.717) is 25.3 Å². The fraction of sp³-hybridized carbons (Fsp3) is 0.538. The number of hydrogen-bond donors (Lipinski definition) is 0. The van der Waals surface area contributed by atoms with Crippen molar-refractivity contribution < 1.29 is 9.53 Å². The molecule has 1 amide bonds. The monoisotopic (exact) mass is 250 g/mol. The first-order chi connectivity index (χ1) is 8.51. The molecule has 98 valence electrons. The summed E-state index contributed by atoms with van der Waals surface area (Å²) < 4.78 is 7.25. The number of ether oxygens (including phenoxy) is 1. The summed E-state index contributed by atoms with van der Waals surface area (Å²) in [6, 6.07) is 3.32. The molecule has 0 atom stereocenters. The van der Waals surface area contributed by atoms with Gasteiger partial charge in [0.2, 0.25) is 5.91 Å². The highest BCUT2D eigenvalue weighted by molar-refractivity contribution is 5.76. The highest BCUT2D eigenvalue weighted by Crippen LogP contribution is 2.18. The number of aromatic nitrogens is 1. The van der Waals surface area contributed by atoms with Crippen LogP contribution in [0.2, 0.25) is 0 Å². The van der Waals surface area contributed by atoms with Crippen LogP contribution in [0, 0.1) is 6.92 Å². The van der Waals surface area contributed by atoms with Crippen LogP contribution in [-0.4, -0.2) is 34.6 Å². The fourth-order valence-electron chi connectivity index (χ4n) is 1.94. The van der Waals surface area contributed by atoms with Gasteiger partial charge in [0.1, 0.15) is 11.9 Å². The predicted molar refractivity (Wildman–Crippen MR) is 67.7 cm³/mol. The summed E-state index contributed by atoms with van der Waals surface area (Å²) in [5.41, 5.74) is 0.782. The van der Waals surface area contributed by atoms with Gasteiger partial charge in [0.25, 0.3) is 5.56 Å². The van der Waals surface area contributed by atoms with Gasteiger partial charge in [-0.2, -0.15) is 0 Å². The molecule has 0 bridgehead atoms. The van der Waals surface area contributed by atoms with Crippen LogP contribution in [0.15, 0.2) is 16.9 Å². The Morgan fingerprint density at radius 1 is 1.44 bits per heavy atom. The molecule has 1 fully saturated rings. The van der Waals surface area contributed by atoms with Crippen LogP contribution in [-0.2, 0) is 11.8 Å². The summed E-state index contributed by atoms with van der Waals surface area (Å²) in [6.07, 6.45) is 0.532. The predicted octanol–water partition coefficient (Wildman–Crippen LogP) is 0.693. The van der Waals surface area contributed by atoms with Gasteiger partial charge < -0.3 is 14.2 Å². The average Bonchev–Trinajstić information content (AvgIpc) is 2.29. The number of pyridine rings is 1. The Hall–Kier alpha value is -1.78. The molecule has 0 unspecified atom stereocenters. The Balaban J connectivity index is 1.97. The Morgan fingerprint density at radius 3 is 2.67 bits per heavy atom. The molecule has 0 aromatic carbocycles. The van der Waals surface area contributed by atoms with Gasteiger partial charge in [-0.15, -0.1) is 0 Å².